The molecule has 0 saturated carbocycles. The summed E-state index contributed by atoms with van der Waals surface area (Å²) in [6.45, 7) is 0. The Morgan fingerprint density at radius 3 is 1.62 bits per heavy atom. The Bertz CT molecular complexity index is 255. The molecule has 80 valence electrons. The fourth-order valence-corrected chi connectivity index (χ4v) is 0.804. The molecule has 0 N–H and O–H groups in total. The minimum Gasteiger partial charge on any atom is -0.226 e. The van der Waals surface area contributed by atoms with Crippen molar-refractivity contribution in [3.05, 3.63) is 0 Å². The van der Waals surface area contributed by atoms with Gasteiger partial charge in [0, 0.05) is 0 Å². The predicted octanol–water partition coefficient (Wildman–Crippen LogP) is 1.41. The molecule has 0 aromatic carbocycles. The quantitative estimate of drug-likeness (QED) is 0.545. The molecule has 0 unspecified atom stereocenters. The lowest BCUT2D eigenvalue weighted by atomic mass is 10.4. The molecule has 0 aliphatic heterocycles. The fraction of sp³-hybridized carbons (Fsp3) is 1.00. The van der Waals surface area contributed by atoms with Gasteiger partial charge in [-0.3, -0.25) is 0 Å². The molecule has 0 amide bonds. The second-order valence-electron chi connectivity index (χ2n) is 1.79. The topological polar surface area (TPSA) is 43.4 Å². The van der Waals surface area contributed by atoms with E-state index in [0.29, 0.717) is 0 Å². The van der Waals surface area contributed by atoms with Gasteiger partial charge in [0.05, 0.1) is 0 Å². The molecule has 13 heavy (non-hydrogen) atoms. The molecule has 0 aliphatic rings. The monoisotopic (exact) mass is 232 g/mol. The summed E-state index contributed by atoms with van der Waals surface area (Å²) in [5.41, 5.74) is 0. The van der Waals surface area contributed by atoms with Crippen LogP contribution >= 0.6 is 0 Å². The van der Waals surface area contributed by atoms with Gasteiger partial charge in [-0.2, -0.15) is 21.6 Å². The van der Waals surface area contributed by atoms with E-state index in [9.17, 15) is 34.3 Å². The van der Waals surface area contributed by atoms with Gasteiger partial charge in [0.15, 0.2) is 0 Å². The van der Waals surface area contributed by atoms with Crippen molar-refractivity contribution in [3.8, 4) is 0 Å². The molecule has 0 rings (SSSR count). The summed E-state index contributed by atoms with van der Waals surface area (Å²) >= 11 is 0. The van der Waals surface area contributed by atoms with Crippen LogP contribution in [0.3, 0.4) is 0 Å². The molecule has 0 heterocycles. The minimum absolute atomic E-state index is 2.49. The third kappa shape index (κ3) is 4.93. The van der Waals surface area contributed by atoms with E-state index in [0.717, 1.165) is 0 Å². The average molecular weight is 232 g/mol. The van der Waals surface area contributed by atoms with Crippen LogP contribution in [0.25, 0.3) is 0 Å². The molecule has 0 aromatic heterocycles. The zero-order valence-electron chi connectivity index (χ0n) is 5.56. The van der Waals surface area contributed by atoms with Crippen LogP contribution in [0, 0.1) is 0 Å². The maximum atomic E-state index is 11.5. The molecule has 1 atom stereocenters. The second kappa shape index (κ2) is 3.70. The van der Waals surface area contributed by atoms with E-state index in [4.69, 9.17) is 0 Å². The van der Waals surface area contributed by atoms with Crippen molar-refractivity contribution < 1.29 is 38.4 Å². The van der Waals surface area contributed by atoms with Crippen molar-refractivity contribution in [1.29, 1.82) is 0 Å². The molecule has 0 fully saturated rings. The van der Waals surface area contributed by atoms with Gasteiger partial charge in [-0.25, -0.2) is 13.0 Å². The number of halogens is 6. The summed E-state index contributed by atoms with van der Waals surface area (Å²) in [5.74, 6) is 0. The summed E-state index contributed by atoms with van der Waals surface area (Å²) in [6.07, 6.45) is -13.8. The first-order valence-electron chi connectivity index (χ1n) is 2.52. The molecular weight excluding hydrogens is 230 g/mol. The first-order valence-corrected chi connectivity index (χ1v) is 3.82. The highest BCUT2D eigenvalue weighted by Crippen LogP contribution is 2.28. The fourth-order valence-electron chi connectivity index (χ4n) is 0.363. The summed E-state index contributed by atoms with van der Waals surface area (Å²) in [6, 6.07) is 0. The Kier molecular flexibility index (Phi) is 3.55. The van der Waals surface area contributed by atoms with Crippen LogP contribution < -0.4 is 0 Å². The summed E-state index contributed by atoms with van der Waals surface area (Å²) < 4.78 is 90.2. The third-order valence-electron chi connectivity index (χ3n) is 0.770. The highest BCUT2D eigenvalue weighted by Gasteiger charge is 2.50. The Hall–Kier alpha value is -0.510. The molecule has 0 bridgehead atoms. The van der Waals surface area contributed by atoms with Gasteiger partial charge in [-0.15, -0.1) is 0 Å². The third-order valence-corrected chi connectivity index (χ3v) is 1.21. The molecular formula is C3H2F6O3S. The van der Waals surface area contributed by atoms with E-state index in [-0.39, 0.29) is 0 Å². The van der Waals surface area contributed by atoms with E-state index >= 15 is 0 Å². The molecule has 0 radical (unpaired) electrons. The highest BCUT2D eigenvalue weighted by atomic mass is 32.3. The van der Waals surface area contributed by atoms with E-state index in [2.05, 4.69) is 4.18 Å². The largest absolute Gasteiger partial charge is 0.438 e. The van der Waals surface area contributed by atoms with Gasteiger partial charge >= 0.3 is 16.7 Å². The lowest BCUT2D eigenvalue weighted by Gasteiger charge is -2.16. The first-order chi connectivity index (χ1) is 5.54. The van der Waals surface area contributed by atoms with E-state index in [1.54, 1.807) is 0 Å². The van der Waals surface area contributed by atoms with Crippen LogP contribution in [0.1, 0.15) is 0 Å². The van der Waals surface area contributed by atoms with Crippen LogP contribution in [0.5, 0.6) is 0 Å². The molecule has 3 nitrogen and oxygen atoms in total. The van der Waals surface area contributed by atoms with Gasteiger partial charge < -0.3 is 0 Å². The molecule has 0 saturated heterocycles. The van der Waals surface area contributed by atoms with Gasteiger partial charge in [0.1, 0.15) is 0 Å². The van der Waals surface area contributed by atoms with Crippen LogP contribution in [-0.4, -0.2) is 27.1 Å². The number of alkyl halides is 5. The Morgan fingerprint density at radius 2 is 1.54 bits per heavy atom. The number of hydrogen-bond donors (Lipinski definition) is 0. The highest BCUT2D eigenvalue weighted by molar-refractivity contribution is 7.81. The molecule has 0 spiro atoms. The van der Waals surface area contributed by atoms with Gasteiger partial charge in [-0.1, -0.05) is 3.89 Å². The lowest BCUT2D eigenvalue weighted by molar-refractivity contribution is -0.227. The number of rotatable bonds is 3. The van der Waals surface area contributed by atoms with E-state index in [1.807, 2.05) is 0 Å². The Balaban J connectivity index is 4.66. The summed E-state index contributed by atoms with van der Waals surface area (Å²) in [7, 11) is -6.05. The minimum atomic E-state index is -6.05. The predicted molar refractivity (Wildman–Crippen MR) is 27.0 cm³/mol. The van der Waals surface area contributed by atoms with E-state index < -0.39 is 29.2 Å². The van der Waals surface area contributed by atoms with Crippen molar-refractivity contribution in [2.75, 3.05) is 0 Å². The van der Waals surface area contributed by atoms with Gasteiger partial charge in [0.2, 0.25) is 6.10 Å². The standard InChI is InChI=1S/C3H2F6O3S/c4-2(5)1(3(6,7)8)12-13(9,10)11/h1-2H/t1-/m0/s1. The van der Waals surface area contributed by atoms with Crippen molar-refractivity contribution in [2.45, 2.75) is 18.7 Å². The van der Waals surface area contributed by atoms with Crippen molar-refractivity contribution >= 4 is 10.5 Å². The normalized spacial score (nSPS) is 16.2. The average Bonchev–Trinajstić information content (AvgIpc) is 1.77. The van der Waals surface area contributed by atoms with Crippen LogP contribution in [0.15, 0.2) is 0 Å². The van der Waals surface area contributed by atoms with Gasteiger partial charge in [-0.05, 0) is 0 Å². The first kappa shape index (κ1) is 12.5. The smallest absolute Gasteiger partial charge is 0.226 e. The van der Waals surface area contributed by atoms with Crippen LogP contribution in [-0.2, 0) is 14.7 Å². The molecule has 0 aliphatic carbocycles. The zero-order chi connectivity index (χ0) is 10.9. The maximum absolute atomic E-state index is 11.5. The second-order valence-corrected chi connectivity index (χ2v) is 2.76. The molecule has 10 heteroatoms. The van der Waals surface area contributed by atoms with Crippen LogP contribution in [0.4, 0.5) is 25.8 Å². The summed E-state index contributed by atoms with van der Waals surface area (Å²) in [5, 5.41) is 0. The lowest BCUT2D eigenvalue weighted by Crippen LogP contribution is -2.38. The zero-order valence-corrected chi connectivity index (χ0v) is 6.37. The van der Waals surface area contributed by atoms with E-state index in [1.165, 1.54) is 0 Å². The van der Waals surface area contributed by atoms with Crippen molar-refractivity contribution in [1.82, 2.24) is 0 Å². The molecule has 0 aromatic rings. The van der Waals surface area contributed by atoms with Gasteiger partial charge in [0.25, 0.3) is 6.43 Å². The van der Waals surface area contributed by atoms with Crippen molar-refractivity contribution in [3.63, 3.8) is 0 Å². The number of hydrogen-bond acceptors (Lipinski definition) is 3. The van der Waals surface area contributed by atoms with Crippen LogP contribution in [0.2, 0.25) is 0 Å². The summed E-state index contributed by atoms with van der Waals surface area (Å²) in [4.78, 5) is 0. The Labute approximate surface area is 68.7 Å². The SMILES string of the molecule is O=S(=O)(F)O[C@@H](C(F)F)C(F)(F)F. The Morgan fingerprint density at radius 1 is 1.15 bits per heavy atom. The van der Waals surface area contributed by atoms with Crippen molar-refractivity contribution in [2.24, 2.45) is 0 Å². The maximum Gasteiger partial charge on any atom is 0.438 e.